The Morgan fingerprint density at radius 2 is 1.32 bits per heavy atom. The molecule has 0 spiro atoms. The number of sulfonamides is 1. The Morgan fingerprint density at radius 3 is 1.96 bits per heavy atom. The lowest BCUT2D eigenvalue weighted by atomic mass is 10.3. The lowest BCUT2D eigenvalue weighted by Gasteiger charge is -2.10. The summed E-state index contributed by atoms with van der Waals surface area (Å²) in [5.74, 6) is 2.62. The zero-order valence-corrected chi connectivity index (χ0v) is 16.2. The fraction of sp³-hybridized carbons (Fsp3) is 0.143. The van der Waals surface area contributed by atoms with Crippen LogP contribution in [0, 0.1) is 0 Å². The van der Waals surface area contributed by atoms with Crippen LogP contribution in [-0.4, -0.2) is 28.7 Å². The summed E-state index contributed by atoms with van der Waals surface area (Å²) in [7, 11) is -2.03. The number of hydrogen-bond donors (Lipinski definition) is 1. The van der Waals surface area contributed by atoms with E-state index in [0.29, 0.717) is 17.2 Å². The standard InChI is InChI=1S/C21H21NO5S/c1-25-17-7-9-18(10-8-17)26-16-15-22-28(23,24)21-13-11-20(12-14-21)27-19-5-3-2-4-6-19/h2-14,22H,15-16H2,1H3. The topological polar surface area (TPSA) is 73.9 Å². The molecule has 3 aromatic carbocycles. The predicted molar refractivity (Wildman–Crippen MR) is 107 cm³/mol. The molecule has 0 heterocycles. The number of nitrogens with one attached hydrogen (secondary N) is 1. The van der Waals surface area contributed by atoms with Crippen molar-refractivity contribution in [3.63, 3.8) is 0 Å². The summed E-state index contributed by atoms with van der Waals surface area (Å²) in [5, 5.41) is 0. The summed E-state index contributed by atoms with van der Waals surface area (Å²) < 4.78 is 43.5. The van der Waals surface area contributed by atoms with Crippen molar-refractivity contribution in [1.82, 2.24) is 4.72 Å². The Kier molecular flexibility index (Phi) is 6.52. The molecule has 7 heteroatoms. The molecule has 0 amide bonds. The van der Waals surface area contributed by atoms with Crippen LogP contribution in [0.25, 0.3) is 0 Å². The van der Waals surface area contributed by atoms with Gasteiger partial charge in [-0.2, -0.15) is 0 Å². The summed E-state index contributed by atoms with van der Waals surface area (Å²) >= 11 is 0. The quantitative estimate of drug-likeness (QED) is 0.554. The Hall–Kier alpha value is -3.03. The number of methoxy groups -OCH3 is 1. The molecule has 0 aliphatic heterocycles. The van der Waals surface area contributed by atoms with Crippen LogP contribution in [0.5, 0.6) is 23.0 Å². The van der Waals surface area contributed by atoms with Gasteiger partial charge in [-0.15, -0.1) is 0 Å². The molecule has 0 aliphatic carbocycles. The molecule has 28 heavy (non-hydrogen) atoms. The van der Waals surface area contributed by atoms with Crippen molar-refractivity contribution in [3.8, 4) is 23.0 Å². The first kappa shape index (κ1) is 19.7. The van der Waals surface area contributed by atoms with Gasteiger partial charge in [0.25, 0.3) is 0 Å². The van der Waals surface area contributed by atoms with E-state index in [1.807, 2.05) is 30.3 Å². The summed E-state index contributed by atoms with van der Waals surface area (Å²) in [5.41, 5.74) is 0. The van der Waals surface area contributed by atoms with Crippen molar-refractivity contribution in [2.24, 2.45) is 0 Å². The van der Waals surface area contributed by atoms with Crippen LogP contribution in [-0.2, 0) is 10.0 Å². The molecule has 6 nitrogen and oxygen atoms in total. The number of ether oxygens (including phenoxy) is 3. The number of benzene rings is 3. The van der Waals surface area contributed by atoms with Gasteiger partial charge in [-0.25, -0.2) is 13.1 Å². The maximum Gasteiger partial charge on any atom is 0.240 e. The van der Waals surface area contributed by atoms with Gasteiger partial charge in [0.2, 0.25) is 10.0 Å². The van der Waals surface area contributed by atoms with E-state index in [1.165, 1.54) is 12.1 Å². The Labute approximate surface area is 164 Å². The first-order chi connectivity index (χ1) is 13.6. The highest BCUT2D eigenvalue weighted by Crippen LogP contribution is 2.22. The maximum absolute atomic E-state index is 12.4. The van der Waals surface area contributed by atoms with Gasteiger partial charge in [-0.1, -0.05) is 18.2 Å². The zero-order chi connectivity index (χ0) is 19.8. The monoisotopic (exact) mass is 399 g/mol. The number of hydrogen-bond acceptors (Lipinski definition) is 5. The van der Waals surface area contributed by atoms with E-state index >= 15 is 0 Å². The van der Waals surface area contributed by atoms with E-state index < -0.39 is 10.0 Å². The highest BCUT2D eigenvalue weighted by Gasteiger charge is 2.13. The number of rotatable bonds is 9. The Bertz CT molecular complexity index is 972. The summed E-state index contributed by atoms with van der Waals surface area (Å²) in [4.78, 5) is 0.164. The molecular formula is C21H21NO5S. The normalized spacial score (nSPS) is 11.0. The second kappa shape index (κ2) is 9.25. The fourth-order valence-corrected chi connectivity index (χ4v) is 3.42. The molecule has 0 saturated heterocycles. The first-order valence-electron chi connectivity index (χ1n) is 8.66. The molecule has 0 aliphatic rings. The average Bonchev–Trinajstić information content (AvgIpc) is 2.73. The minimum Gasteiger partial charge on any atom is -0.497 e. The summed E-state index contributed by atoms with van der Waals surface area (Å²) in [6.07, 6.45) is 0. The molecule has 0 aromatic heterocycles. The van der Waals surface area contributed by atoms with Crippen molar-refractivity contribution < 1.29 is 22.6 Å². The molecule has 0 atom stereocenters. The van der Waals surface area contributed by atoms with Gasteiger partial charge in [0.05, 0.1) is 12.0 Å². The van der Waals surface area contributed by atoms with E-state index in [4.69, 9.17) is 14.2 Å². The van der Waals surface area contributed by atoms with Crippen molar-refractivity contribution in [1.29, 1.82) is 0 Å². The Balaban J connectivity index is 1.50. The highest BCUT2D eigenvalue weighted by atomic mass is 32.2. The van der Waals surface area contributed by atoms with Gasteiger partial charge in [0, 0.05) is 6.54 Å². The molecule has 0 bridgehead atoms. The van der Waals surface area contributed by atoms with Crippen molar-refractivity contribution in [3.05, 3.63) is 78.9 Å². The van der Waals surface area contributed by atoms with Crippen molar-refractivity contribution in [2.45, 2.75) is 4.90 Å². The van der Waals surface area contributed by atoms with Crippen LogP contribution < -0.4 is 18.9 Å². The third-order valence-corrected chi connectivity index (χ3v) is 5.31. The molecule has 3 aromatic rings. The van der Waals surface area contributed by atoms with Gasteiger partial charge >= 0.3 is 0 Å². The molecule has 0 fully saturated rings. The second-order valence-electron chi connectivity index (χ2n) is 5.81. The second-order valence-corrected chi connectivity index (χ2v) is 7.58. The van der Waals surface area contributed by atoms with Crippen molar-refractivity contribution >= 4 is 10.0 Å². The van der Waals surface area contributed by atoms with E-state index in [1.54, 1.807) is 43.5 Å². The van der Waals surface area contributed by atoms with Gasteiger partial charge in [-0.3, -0.25) is 0 Å². The van der Waals surface area contributed by atoms with Crippen LogP contribution in [0.1, 0.15) is 0 Å². The van der Waals surface area contributed by atoms with Gasteiger partial charge in [0.1, 0.15) is 29.6 Å². The average molecular weight is 399 g/mol. The van der Waals surface area contributed by atoms with Crippen LogP contribution in [0.2, 0.25) is 0 Å². The van der Waals surface area contributed by atoms with Gasteiger partial charge < -0.3 is 14.2 Å². The third kappa shape index (κ3) is 5.48. The summed E-state index contributed by atoms with van der Waals surface area (Å²) in [6.45, 7) is 0.359. The minimum atomic E-state index is -3.62. The molecule has 0 radical (unpaired) electrons. The fourth-order valence-electron chi connectivity index (χ4n) is 2.41. The predicted octanol–water partition coefficient (Wildman–Crippen LogP) is 3.84. The van der Waals surface area contributed by atoms with E-state index in [0.717, 1.165) is 5.75 Å². The minimum absolute atomic E-state index is 0.149. The van der Waals surface area contributed by atoms with Gasteiger partial charge in [-0.05, 0) is 60.7 Å². The highest BCUT2D eigenvalue weighted by molar-refractivity contribution is 7.89. The molecule has 146 valence electrons. The van der Waals surface area contributed by atoms with E-state index in [2.05, 4.69) is 4.72 Å². The van der Waals surface area contributed by atoms with Crippen LogP contribution in [0.3, 0.4) is 0 Å². The van der Waals surface area contributed by atoms with Crippen LogP contribution in [0.15, 0.2) is 83.8 Å². The maximum atomic E-state index is 12.4. The Morgan fingerprint density at radius 1 is 0.750 bits per heavy atom. The van der Waals surface area contributed by atoms with Gasteiger partial charge in [0.15, 0.2) is 0 Å². The van der Waals surface area contributed by atoms with E-state index in [-0.39, 0.29) is 18.0 Å². The third-order valence-electron chi connectivity index (χ3n) is 3.84. The van der Waals surface area contributed by atoms with E-state index in [9.17, 15) is 8.42 Å². The lowest BCUT2D eigenvalue weighted by Crippen LogP contribution is -2.28. The lowest BCUT2D eigenvalue weighted by molar-refractivity contribution is 0.322. The largest absolute Gasteiger partial charge is 0.497 e. The number of para-hydroxylation sites is 1. The van der Waals surface area contributed by atoms with Crippen LogP contribution >= 0.6 is 0 Å². The molecule has 3 rings (SSSR count). The smallest absolute Gasteiger partial charge is 0.240 e. The SMILES string of the molecule is COc1ccc(OCCNS(=O)(=O)c2ccc(Oc3ccccc3)cc2)cc1. The molecule has 0 saturated carbocycles. The molecule has 0 unspecified atom stereocenters. The molecular weight excluding hydrogens is 378 g/mol. The van der Waals surface area contributed by atoms with Crippen molar-refractivity contribution in [2.75, 3.05) is 20.3 Å². The van der Waals surface area contributed by atoms with Crippen LogP contribution in [0.4, 0.5) is 0 Å². The first-order valence-corrected chi connectivity index (χ1v) is 10.1. The zero-order valence-electron chi connectivity index (χ0n) is 15.4. The molecule has 1 N–H and O–H groups in total. The summed E-state index contributed by atoms with van der Waals surface area (Å²) in [6, 6.07) is 22.6.